The van der Waals surface area contributed by atoms with Crippen molar-refractivity contribution in [1.82, 2.24) is 5.32 Å². The van der Waals surface area contributed by atoms with Crippen molar-refractivity contribution >= 4 is 0 Å². The van der Waals surface area contributed by atoms with Crippen LogP contribution in [0.2, 0.25) is 0 Å². The molecule has 3 aliphatic rings. The van der Waals surface area contributed by atoms with Crippen molar-refractivity contribution in [3.8, 4) is 0 Å². The van der Waals surface area contributed by atoms with Crippen molar-refractivity contribution in [2.24, 2.45) is 17.8 Å². The van der Waals surface area contributed by atoms with Crippen LogP contribution in [0.5, 0.6) is 0 Å². The number of hydrogen-bond donors (Lipinski definition) is 1. The first kappa shape index (κ1) is 8.01. The van der Waals surface area contributed by atoms with Crippen molar-refractivity contribution in [2.75, 3.05) is 19.8 Å². The third-order valence-electron chi connectivity index (χ3n) is 3.80. The molecule has 2 nitrogen and oxygen atoms in total. The second-order valence-corrected chi connectivity index (χ2v) is 4.58. The zero-order valence-electron chi connectivity index (χ0n) is 7.91. The van der Waals surface area contributed by atoms with Gasteiger partial charge in [0.1, 0.15) is 0 Å². The van der Waals surface area contributed by atoms with Gasteiger partial charge in [-0.2, -0.15) is 0 Å². The highest BCUT2D eigenvalue weighted by molar-refractivity contribution is 5.12. The number of rotatable bonds is 1. The van der Waals surface area contributed by atoms with E-state index in [9.17, 15) is 0 Å². The maximum absolute atomic E-state index is 5.52. The summed E-state index contributed by atoms with van der Waals surface area (Å²) in [6, 6.07) is 0.633. The van der Waals surface area contributed by atoms with Crippen LogP contribution in [0.15, 0.2) is 12.2 Å². The number of hydrogen-bond acceptors (Lipinski definition) is 2. The van der Waals surface area contributed by atoms with Crippen LogP contribution < -0.4 is 5.32 Å². The number of ether oxygens (including phenoxy) is 1. The fourth-order valence-electron chi connectivity index (χ4n) is 3.15. The standard InChI is InChI=1S/C11H17NO/c1-2-9-5-8(1)6-10(9)11-7-13-4-3-12-11/h1-2,8-12H,3-7H2/t8-,9-,10+,11-/m0/s1. The molecule has 2 aliphatic carbocycles. The minimum absolute atomic E-state index is 0.633. The average molecular weight is 179 g/mol. The number of morpholine rings is 1. The van der Waals surface area contributed by atoms with Crippen LogP contribution in [0.4, 0.5) is 0 Å². The minimum atomic E-state index is 0.633. The molecule has 2 fully saturated rings. The Hall–Kier alpha value is -0.340. The van der Waals surface area contributed by atoms with Crippen LogP contribution in [0, 0.1) is 17.8 Å². The summed E-state index contributed by atoms with van der Waals surface area (Å²) in [5.74, 6) is 2.60. The fourth-order valence-corrected chi connectivity index (χ4v) is 3.15. The summed E-state index contributed by atoms with van der Waals surface area (Å²) in [7, 11) is 0. The average Bonchev–Trinajstić information content (AvgIpc) is 2.80. The largest absolute Gasteiger partial charge is 0.379 e. The van der Waals surface area contributed by atoms with Crippen molar-refractivity contribution in [3.05, 3.63) is 12.2 Å². The molecule has 1 N–H and O–H groups in total. The summed E-state index contributed by atoms with van der Waals surface area (Å²) in [5, 5.41) is 3.59. The van der Waals surface area contributed by atoms with E-state index in [2.05, 4.69) is 17.5 Å². The van der Waals surface area contributed by atoms with Gasteiger partial charge in [-0.3, -0.25) is 0 Å². The Morgan fingerprint density at radius 1 is 1.23 bits per heavy atom. The molecule has 2 heteroatoms. The minimum Gasteiger partial charge on any atom is -0.379 e. The fraction of sp³-hybridized carbons (Fsp3) is 0.818. The molecule has 0 aromatic carbocycles. The first-order valence-electron chi connectivity index (χ1n) is 5.43. The molecule has 0 radical (unpaired) electrons. The molecular formula is C11H17NO. The zero-order valence-corrected chi connectivity index (χ0v) is 7.91. The van der Waals surface area contributed by atoms with Crippen molar-refractivity contribution in [1.29, 1.82) is 0 Å². The Balaban J connectivity index is 1.68. The summed E-state index contributed by atoms with van der Waals surface area (Å²) in [4.78, 5) is 0. The van der Waals surface area contributed by atoms with Gasteiger partial charge < -0.3 is 10.1 Å². The van der Waals surface area contributed by atoms with E-state index in [-0.39, 0.29) is 0 Å². The van der Waals surface area contributed by atoms with E-state index in [0.29, 0.717) is 6.04 Å². The summed E-state index contributed by atoms with van der Waals surface area (Å²) in [6.45, 7) is 2.87. The monoisotopic (exact) mass is 179 g/mol. The number of fused-ring (bicyclic) bond motifs is 2. The maximum Gasteiger partial charge on any atom is 0.0623 e. The third kappa shape index (κ3) is 1.32. The Kier molecular flexibility index (Phi) is 1.91. The molecule has 0 unspecified atom stereocenters. The first-order chi connectivity index (χ1) is 6.43. The van der Waals surface area contributed by atoms with Gasteiger partial charge in [-0.1, -0.05) is 12.2 Å². The Morgan fingerprint density at radius 3 is 2.85 bits per heavy atom. The summed E-state index contributed by atoms with van der Waals surface area (Å²) < 4.78 is 5.52. The number of allylic oxidation sites excluding steroid dienone is 2. The Bertz CT molecular complexity index is 220. The van der Waals surface area contributed by atoms with Gasteiger partial charge in [0.05, 0.1) is 13.2 Å². The molecule has 2 bridgehead atoms. The van der Waals surface area contributed by atoms with Crippen LogP contribution in [0.25, 0.3) is 0 Å². The molecule has 1 aliphatic heterocycles. The Labute approximate surface area is 79.3 Å². The molecule has 4 atom stereocenters. The van der Waals surface area contributed by atoms with Gasteiger partial charge in [0.25, 0.3) is 0 Å². The van der Waals surface area contributed by atoms with Gasteiger partial charge in [0.15, 0.2) is 0 Å². The molecular weight excluding hydrogens is 162 g/mol. The smallest absolute Gasteiger partial charge is 0.0623 e. The lowest BCUT2D eigenvalue weighted by Gasteiger charge is -2.32. The molecule has 0 spiro atoms. The highest BCUT2D eigenvalue weighted by atomic mass is 16.5. The third-order valence-corrected chi connectivity index (χ3v) is 3.80. The quantitative estimate of drug-likeness (QED) is 0.610. The van der Waals surface area contributed by atoms with Crippen molar-refractivity contribution in [3.63, 3.8) is 0 Å². The molecule has 0 amide bonds. The van der Waals surface area contributed by atoms with Crippen LogP contribution in [-0.4, -0.2) is 25.8 Å². The van der Waals surface area contributed by atoms with E-state index in [4.69, 9.17) is 4.74 Å². The molecule has 0 aromatic heterocycles. The van der Waals surface area contributed by atoms with E-state index in [0.717, 1.165) is 37.5 Å². The predicted octanol–water partition coefficient (Wildman–Crippen LogP) is 1.19. The molecule has 1 saturated heterocycles. The lowest BCUT2D eigenvalue weighted by Crippen LogP contribution is -2.47. The molecule has 72 valence electrons. The SMILES string of the molecule is C1=C[C@H]2C[C@H]1C[C@H]2[C@@H]1COCCN1. The van der Waals surface area contributed by atoms with Crippen molar-refractivity contribution < 1.29 is 4.74 Å². The molecule has 13 heavy (non-hydrogen) atoms. The zero-order chi connectivity index (χ0) is 8.67. The number of nitrogens with one attached hydrogen (secondary N) is 1. The van der Waals surface area contributed by atoms with Gasteiger partial charge in [0, 0.05) is 12.6 Å². The molecule has 1 heterocycles. The first-order valence-corrected chi connectivity index (χ1v) is 5.43. The summed E-state index contributed by atoms with van der Waals surface area (Å²) >= 11 is 0. The molecule has 3 rings (SSSR count). The van der Waals surface area contributed by atoms with Crippen LogP contribution in [-0.2, 0) is 4.74 Å². The van der Waals surface area contributed by atoms with E-state index >= 15 is 0 Å². The highest BCUT2D eigenvalue weighted by Gasteiger charge is 2.40. The summed E-state index contributed by atoms with van der Waals surface area (Å²) in [5.41, 5.74) is 0. The van der Waals surface area contributed by atoms with Crippen LogP contribution in [0.1, 0.15) is 12.8 Å². The van der Waals surface area contributed by atoms with Crippen LogP contribution >= 0.6 is 0 Å². The van der Waals surface area contributed by atoms with Gasteiger partial charge in [-0.05, 0) is 30.6 Å². The van der Waals surface area contributed by atoms with Gasteiger partial charge in [-0.15, -0.1) is 0 Å². The van der Waals surface area contributed by atoms with Gasteiger partial charge >= 0.3 is 0 Å². The summed E-state index contributed by atoms with van der Waals surface area (Å²) in [6.07, 6.45) is 7.63. The van der Waals surface area contributed by atoms with E-state index in [1.54, 1.807) is 0 Å². The predicted molar refractivity (Wildman–Crippen MR) is 51.5 cm³/mol. The highest BCUT2D eigenvalue weighted by Crippen LogP contribution is 2.45. The molecule has 1 saturated carbocycles. The van der Waals surface area contributed by atoms with Crippen LogP contribution in [0.3, 0.4) is 0 Å². The van der Waals surface area contributed by atoms with Crippen molar-refractivity contribution in [2.45, 2.75) is 18.9 Å². The van der Waals surface area contributed by atoms with Gasteiger partial charge in [0.2, 0.25) is 0 Å². The lowest BCUT2D eigenvalue weighted by atomic mass is 9.87. The molecule has 0 aromatic rings. The second-order valence-electron chi connectivity index (χ2n) is 4.58. The van der Waals surface area contributed by atoms with E-state index in [1.807, 2.05) is 0 Å². The Morgan fingerprint density at radius 2 is 2.23 bits per heavy atom. The second kappa shape index (κ2) is 3.10. The van der Waals surface area contributed by atoms with Gasteiger partial charge in [-0.25, -0.2) is 0 Å². The van der Waals surface area contributed by atoms with E-state index in [1.165, 1.54) is 12.8 Å². The van der Waals surface area contributed by atoms with E-state index < -0.39 is 0 Å². The topological polar surface area (TPSA) is 21.3 Å². The lowest BCUT2D eigenvalue weighted by molar-refractivity contribution is 0.0516. The normalized spacial score (nSPS) is 48.6. The maximum atomic E-state index is 5.52.